The highest BCUT2D eigenvalue weighted by Gasteiger charge is 2.45. The number of carboxylic acid groups (broad SMARTS) is 2. The minimum Gasteiger partial charge on any atom is -0.477 e. The van der Waals surface area contributed by atoms with Crippen molar-refractivity contribution in [2.45, 2.75) is 31.2 Å². The van der Waals surface area contributed by atoms with Gasteiger partial charge in [0.2, 0.25) is 0 Å². The monoisotopic (exact) mass is 341 g/mol. The zero-order valence-electron chi connectivity index (χ0n) is 13.7. The molecule has 1 amide bonds. The summed E-state index contributed by atoms with van der Waals surface area (Å²) in [6.07, 6.45) is 2.46. The molecule has 3 heterocycles. The molecule has 2 N–H and O–H groups in total. The van der Waals surface area contributed by atoms with Gasteiger partial charge in [-0.3, -0.25) is 0 Å². The molecule has 130 valence electrons. The van der Waals surface area contributed by atoms with Crippen LogP contribution >= 0.6 is 0 Å². The molecule has 0 radical (unpaired) electrons. The van der Waals surface area contributed by atoms with E-state index in [1.807, 2.05) is 12.1 Å². The first kappa shape index (κ1) is 15.7. The lowest BCUT2D eigenvalue weighted by Gasteiger charge is -2.41. The molecule has 1 fully saturated rings. The molecule has 7 nitrogen and oxygen atoms in total. The maximum atomic E-state index is 11.6. The third-order valence-electron chi connectivity index (χ3n) is 5.53. The van der Waals surface area contributed by atoms with Crippen LogP contribution in [0.2, 0.25) is 0 Å². The summed E-state index contributed by atoms with van der Waals surface area (Å²) in [5.74, 6) is -0.234. The van der Waals surface area contributed by atoms with E-state index in [1.165, 1.54) is 16.7 Å². The van der Waals surface area contributed by atoms with Crippen molar-refractivity contribution in [2.75, 3.05) is 13.1 Å². The first-order valence-electron chi connectivity index (χ1n) is 8.38. The van der Waals surface area contributed by atoms with Gasteiger partial charge in [0.15, 0.2) is 0 Å². The van der Waals surface area contributed by atoms with Crippen molar-refractivity contribution in [2.24, 2.45) is 0 Å². The Balaban J connectivity index is 1.87. The molecule has 1 spiro atoms. The molecule has 0 atom stereocenters. The number of imidazole rings is 1. The van der Waals surface area contributed by atoms with Crippen LogP contribution < -0.4 is 0 Å². The van der Waals surface area contributed by atoms with Crippen molar-refractivity contribution in [1.82, 2.24) is 14.5 Å². The fourth-order valence-electron chi connectivity index (χ4n) is 4.29. The lowest BCUT2D eigenvalue weighted by molar-refractivity contribution is 0.0684. The number of hydrogen-bond acceptors (Lipinski definition) is 3. The number of carboxylic acids is 1. The predicted molar refractivity (Wildman–Crippen MR) is 88.9 cm³/mol. The number of carbonyl (C=O) groups is 2. The Hall–Kier alpha value is -2.83. The SMILES string of the molecule is O=C(O)c1cnc2n1CCc1ccccc1C21CCN(C(=O)O)CC1. The highest BCUT2D eigenvalue weighted by molar-refractivity contribution is 5.85. The zero-order chi connectivity index (χ0) is 17.6. The molecular formula is C18H19N3O4. The molecule has 0 bridgehead atoms. The lowest BCUT2D eigenvalue weighted by atomic mass is 9.70. The van der Waals surface area contributed by atoms with Crippen LogP contribution in [-0.2, 0) is 18.4 Å². The van der Waals surface area contributed by atoms with Gasteiger partial charge in [0.1, 0.15) is 11.5 Å². The predicted octanol–water partition coefficient (Wildman–Crippen LogP) is 2.20. The van der Waals surface area contributed by atoms with Gasteiger partial charge in [-0.15, -0.1) is 0 Å². The number of piperidine rings is 1. The Labute approximate surface area is 144 Å². The van der Waals surface area contributed by atoms with Crippen LogP contribution in [0, 0.1) is 0 Å². The average molecular weight is 341 g/mol. The number of aryl methyl sites for hydroxylation is 1. The van der Waals surface area contributed by atoms with Crippen molar-refractivity contribution in [1.29, 1.82) is 0 Å². The van der Waals surface area contributed by atoms with E-state index in [2.05, 4.69) is 17.1 Å². The summed E-state index contributed by atoms with van der Waals surface area (Å²) in [5, 5.41) is 18.8. The number of hydrogen-bond donors (Lipinski definition) is 2. The van der Waals surface area contributed by atoms with E-state index >= 15 is 0 Å². The summed E-state index contributed by atoms with van der Waals surface area (Å²) >= 11 is 0. The summed E-state index contributed by atoms with van der Waals surface area (Å²) in [5.41, 5.74) is 2.10. The normalized spacial score (nSPS) is 18.3. The number of likely N-dealkylation sites (tertiary alicyclic amines) is 1. The number of amides is 1. The van der Waals surface area contributed by atoms with E-state index in [1.54, 1.807) is 4.57 Å². The fraction of sp³-hybridized carbons (Fsp3) is 0.389. The molecule has 7 heteroatoms. The van der Waals surface area contributed by atoms with Gasteiger partial charge in [-0.25, -0.2) is 14.6 Å². The van der Waals surface area contributed by atoms with Crippen LogP contribution in [0.3, 0.4) is 0 Å². The van der Waals surface area contributed by atoms with E-state index in [-0.39, 0.29) is 5.69 Å². The molecule has 1 saturated heterocycles. The van der Waals surface area contributed by atoms with Crippen LogP contribution in [0.1, 0.15) is 40.3 Å². The van der Waals surface area contributed by atoms with E-state index in [4.69, 9.17) is 0 Å². The van der Waals surface area contributed by atoms with Crippen molar-refractivity contribution in [3.8, 4) is 0 Å². The van der Waals surface area contributed by atoms with E-state index in [9.17, 15) is 19.8 Å². The van der Waals surface area contributed by atoms with E-state index < -0.39 is 17.5 Å². The summed E-state index contributed by atoms with van der Waals surface area (Å²) in [6.45, 7) is 1.40. The smallest absolute Gasteiger partial charge is 0.407 e. The molecule has 1 aromatic heterocycles. The molecule has 1 aromatic carbocycles. The third-order valence-corrected chi connectivity index (χ3v) is 5.53. The lowest BCUT2D eigenvalue weighted by Crippen LogP contribution is -2.46. The van der Waals surface area contributed by atoms with Crippen molar-refractivity contribution in [3.05, 3.63) is 53.1 Å². The molecular weight excluding hydrogens is 322 g/mol. The topological polar surface area (TPSA) is 95.7 Å². The standard InChI is InChI=1S/C18H19N3O4/c22-15(23)14-11-19-16-18(6-9-20(10-7-18)17(24)25)13-4-2-1-3-12(13)5-8-21(14)16/h1-4,11H,5-10H2,(H,22,23)(H,24,25). The van der Waals surface area contributed by atoms with Crippen molar-refractivity contribution < 1.29 is 19.8 Å². The van der Waals surface area contributed by atoms with Crippen LogP contribution in [0.4, 0.5) is 4.79 Å². The summed E-state index contributed by atoms with van der Waals surface area (Å²) < 4.78 is 1.80. The van der Waals surface area contributed by atoms with E-state index in [0.717, 1.165) is 17.8 Å². The Bertz CT molecular complexity index is 850. The molecule has 2 aliphatic rings. The zero-order valence-corrected chi connectivity index (χ0v) is 13.7. The van der Waals surface area contributed by atoms with Gasteiger partial charge in [0.25, 0.3) is 0 Å². The number of aromatic carboxylic acids is 1. The molecule has 0 saturated carbocycles. The van der Waals surface area contributed by atoms with Crippen LogP contribution in [0.15, 0.2) is 30.5 Å². The molecule has 25 heavy (non-hydrogen) atoms. The molecule has 4 rings (SSSR count). The quantitative estimate of drug-likeness (QED) is 0.829. The van der Waals surface area contributed by atoms with Crippen molar-refractivity contribution >= 4 is 12.1 Å². The highest BCUT2D eigenvalue weighted by Crippen LogP contribution is 2.44. The van der Waals surface area contributed by atoms with Gasteiger partial charge in [-0.2, -0.15) is 0 Å². The Morgan fingerprint density at radius 1 is 1.08 bits per heavy atom. The highest BCUT2D eigenvalue weighted by atomic mass is 16.4. The van der Waals surface area contributed by atoms with Gasteiger partial charge in [-0.05, 0) is 30.4 Å². The van der Waals surface area contributed by atoms with Gasteiger partial charge < -0.3 is 19.7 Å². The van der Waals surface area contributed by atoms with Gasteiger partial charge in [-0.1, -0.05) is 24.3 Å². The van der Waals surface area contributed by atoms with Crippen LogP contribution in [-0.4, -0.2) is 49.8 Å². The van der Waals surface area contributed by atoms with Gasteiger partial charge in [0.05, 0.1) is 11.6 Å². The van der Waals surface area contributed by atoms with Gasteiger partial charge in [0, 0.05) is 19.6 Å². The summed E-state index contributed by atoms with van der Waals surface area (Å²) in [6, 6.07) is 8.13. The molecule has 2 aromatic rings. The summed E-state index contributed by atoms with van der Waals surface area (Å²) in [7, 11) is 0. The number of aromatic nitrogens is 2. The van der Waals surface area contributed by atoms with Crippen LogP contribution in [0.25, 0.3) is 0 Å². The Morgan fingerprint density at radius 3 is 2.48 bits per heavy atom. The maximum absolute atomic E-state index is 11.6. The number of benzene rings is 1. The van der Waals surface area contributed by atoms with Crippen LogP contribution in [0.5, 0.6) is 0 Å². The molecule has 2 aliphatic heterocycles. The number of nitrogens with zero attached hydrogens (tertiary/aromatic N) is 3. The minimum atomic E-state index is -0.983. The second kappa shape index (κ2) is 5.61. The second-order valence-corrected chi connectivity index (χ2v) is 6.68. The Morgan fingerprint density at radius 2 is 1.80 bits per heavy atom. The minimum absolute atomic E-state index is 0.197. The molecule has 0 unspecified atom stereocenters. The first-order valence-corrected chi connectivity index (χ1v) is 8.38. The molecule has 0 aliphatic carbocycles. The number of fused-ring (bicyclic) bond motifs is 4. The van der Waals surface area contributed by atoms with Crippen molar-refractivity contribution in [3.63, 3.8) is 0 Å². The summed E-state index contributed by atoms with van der Waals surface area (Å²) in [4.78, 5) is 28.8. The third kappa shape index (κ3) is 2.30. The number of rotatable bonds is 1. The first-order chi connectivity index (χ1) is 12.0. The largest absolute Gasteiger partial charge is 0.477 e. The van der Waals surface area contributed by atoms with Gasteiger partial charge >= 0.3 is 12.1 Å². The Kier molecular flexibility index (Phi) is 3.52. The second-order valence-electron chi connectivity index (χ2n) is 6.68. The maximum Gasteiger partial charge on any atom is 0.407 e. The fourth-order valence-corrected chi connectivity index (χ4v) is 4.29. The van der Waals surface area contributed by atoms with E-state index in [0.29, 0.717) is 32.5 Å². The average Bonchev–Trinajstić information content (AvgIpc) is 3.00.